The minimum atomic E-state index is -0.782. The number of para-hydroxylation sites is 1. The van der Waals surface area contributed by atoms with E-state index in [1.54, 1.807) is 0 Å². The molecule has 2 aromatic carbocycles. The number of hydrogen-bond donors (Lipinski definition) is 0. The molecular formula is C19H17N3O2S. The number of rotatable bonds is 6. The van der Waals surface area contributed by atoms with E-state index in [1.807, 2.05) is 65.2 Å². The first-order chi connectivity index (χ1) is 12.1. The number of hydrogen-bond acceptors (Lipinski definition) is 5. The van der Waals surface area contributed by atoms with Crippen LogP contribution >= 0.6 is 11.8 Å². The predicted molar refractivity (Wildman–Crippen MR) is 97.8 cm³/mol. The van der Waals surface area contributed by atoms with Crippen LogP contribution < -0.4 is 0 Å². The molecule has 1 heterocycles. The van der Waals surface area contributed by atoms with E-state index < -0.39 is 5.25 Å². The maximum Gasteiger partial charge on any atom is 0.197 e. The van der Waals surface area contributed by atoms with Gasteiger partial charge in [0.25, 0.3) is 0 Å². The minimum absolute atomic E-state index is 0.193. The summed E-state index contributed by atoms with van der Waals surface area (Å²) in [4.78, 5) is 23.6. The van der Waals surface area contributed by atoms with Crippen molar-refractivity contribution in [2.75, 3.05) is 0 Å². The fourth-order valence-electron chi connectivity index (χ4n) is 2.49. The summed E-state index contributed by atoms with van der Waals surface area (Å²) < 4.78 is 1.87. The highest BCUT2D eigenvalue weighted by molar-refractivity contribution is 8.01. The maximum atomic E-state index is 11.8. The predicted octanol–water partition coefficient (Wildman–Crippen LogP) is 3.57. The number of Topliss-reactive ketones (excluding diaryl/α,β-unsaturated/α-hetero) is 2. The smallest absolute Gasteiger partial charge is 0.197 e. The number of thioether (sulfide) groups is 1. The van der Waals surface area contributed by atoms with E-state index in [0.29, 0.717) is 11.0 Å². The molecule has 1 aromatic heterocycles. The Morgan fingerprint density at radius 3 is 2.00 bits per heavy atom. The molecule has 0 aliphatic carbocycles. The fourth-order valence-corrected chi connectivity index (χ4v) is 3.42. The van der Waals surface area contributed by atoms with Crippen molar-refractivity contribution in [3.05, 3.63) is 60.7 Å². The Morgan fingerprint density at radius 1 is 0.880 bits per heavy atom. The molecule has 0 atom stereocenters. The van der Waals surface area contributed by atoms with E-state index in [0.717, 1.165) is 23.0 Å². The van der Waals surface area contributed by atoms with Gasteiger partial charge >= 0.3 is 0 Å². The van der Waals surface area contributed by atoms with Gasteiger partial charge in [-0.1, -0.05) is 60.3 Å². The highest BCUT2D eigenvalue weighted by Gasteiger charge is 2.25. The molecule has 0 saturated heterocycles. The second kappa shape index (κ2) is 7.44. The minimum Gasteiger partial charge on any atom is -0.298 e. The van der Waals surface area contributed by atoms with Gasteiger partial charge in [0, 0.05) is 11.3 Å². The Morgan fingerprint density at radius 2 is 1.44 bits per heavy atom. The number of ketones is 2. The number of nitrogens with zero attached hydrogens (tertiary/aromatic N) is 3. The SMILES string of the molecule is CC(=O)C(Sc1nnc(-c2ccccc2)n1-c1ccccc1)C(C)=O. The summed E-state index contributed by atoms with van der Waals surface area (Å²) in [5.74, 6) is 0.280. The molecule has 3 rings (SSSR count). The van der Waals surface area contributed by atoms with Crippen LogP contribution in [0.1, 0.15) is 13.8 Å². The highest BCUT2D eigenvalue weighted by Crippen LogP contribution is 2.30. The molecule has 0 amide bonds. The molecule has 0 aliphatic heterocycles. The summed E-state index contributed by atoms with van der Waals surface area (Å²) in [5, 5.41) is 8.28. The van der Waals surface area contributed by atoms with E-state index in [-0.39, 0.29) is 11.6 Å². The van der Waals surface area contributed by atoms with E-state index >= 15 is 0 Å². The van der Waals surface area contributed by atoms with Crippen LogP contribution in [0.15, 0.2) is 65.8 Å². The molecule has 126 valence electrons. The van der Waals surface area contributed by atoms with Gasteiger partial charge in [0.2, 0.25) is 0 Å². The summed E-state index contributed by atoms with van der Waals surface area (Å²) in [6.07, 6.45) is 0. The van der Waals surface area contributed by atoms with Gasteiger partial charge in [0.15, 0.2) is 22.5 Å². The van der Waals surface area contributed by atoms with Crippen molar-refractivity contribution < 1.29 is 9.59 Å². The van der Waals surface area contributed by atoms with Crippen LogP contribution in [-0.4, -0.2) is 31.6 Å². The molecule has 0 fully saturated rings. The lowest BCUT2D eigenvalue weighted by molar-refractivity contribution is -0.123. The van der Waals surface area contributed by atoms with Crippen molar-refractivity contribution in [3.8, 4) is 17.1 Å². The Labute approximate surface area is 150 Å². The standard InChI is InChI=1S/C19H17N3O2S/c1-13(23)17(14(2)24)25-19-21-20-18(15-9-5-3-6-10-15)22(19)16-11-7-4-8-12-16/h3-12,17H,1-2H3. The van der Waals surface area contributed by atoms with Gasteiger partial charge in [-0.2, -0.15) is 0 Å². The van der Waals surface area contributed by atoms with E-state index in [9.17, 15) is 9.59 Å². The van der Waals surface area contributed by atoms with Gasteiger partial charge < -0.3 is 0 Å². The van der Waals surface area contributed by atoms with Gasteiger partial charge in [0.05, 0.1) is 0 Å². The Hall–Kier alpha value is -2.73. The van der Waals surface area contributed by atoms with Crippen molar-refractivity contribution in [2.45, 2.75) is 24.3 Å². The number of aromatic nitrogens is 3. The summed E-state index contributed by atoms with van der Waals surface area (Å²) >= 11 is 1.13. The Balaban J connectivity index is 2.12. The lowest BCUT2D eigenvalue weighted by atomic mass is 10.2. The van der Waals surface area contributed by atoms with Crippen LogP contribution in [0, 0.1) is 0 Å². The fraction of sp³-hybridized carbons (Fsp3) is 0.158. The first-order valence-electron chi connectivity index (χ1n) is 7.81. The third kappa shape index (κ3) is 3.69. The summed E-state index contributed by atoms with van der Waals surface area (Å²) in [5.41, 5.74) is 1.78. The van der Waals surface area contributed by atoms with Gasteiger partial charge in [-0.3, -0.25) is 14.2 Å². The molecule has 0 bridgehead atoms. The molecule has 0 aliphatic rings. The largest absolute Gasteiger partial charge is 0.298 e. The molecule has 6 heteroatoms. The van der Waals surface area contributed by atoms with Crippen molar-refractivity contribution in [1.29, 1.82) is 0 Å². The monoisotopic (exact) mass is 351 g/mol. The average molecular weight is 351 g/mol. The zero-order valence-corrected chi connectivity index (χ0v) is 14.7. The lowest BCUT2D eigenvalue weighted by Crippen LogP contribution is -2.22. The zero-order valence-electron chi connectivity index (χ0n) is 13.9. The number of carbonyl (C=O) groups excluding carboxylic acids is 2. The second-order valence-electron chi connectivity index (χ2n) is 5.56. The number of carbonyl (C=O) groups is 2. The molecule has 5 nitrogen and oxygen atoms in total. The molecule has 0 radical (unpaired) electrons. The Kier molecular flexibility index (Phi) is 5.09. The highest BCUT2D eigenvalue weighted by atomic mass is 32.2. The quantitative estimate of drug-likeness (QED) is 0.502. The average Bonchev–Trinajstić information content (AvgIpc) is 3.04. The van der Waals surface area contributed by atoms with Gasteiger partial charge in [-0.05, 0) is 26.0 Å². The van der Waals surface area contributed by atoms with Crippen LogP contribution in [0.4, 0.5) is 0 Å². The summed E-state index contributed by atoms with van der Waals surface area (Å²) in [7, 11) is 0. The summed E-state index contributed by atoms with van der Waals surface area (Å²) in [6.45, 7) is 2.83. The van der Waals surface area contributed by atoms with Crippen LogP contribution in [0.25, 0.3) is 17.1 Å². The van der Waals surface area contributed by atoms with Gasteiger partial charge in [-0.25, -0.2) is 0 Å². The third-order valence-electron chi connectivity index (χ3n) is 3.64. The molecule has 25 heavy (non-hydrogen) atoms. The van der Waals surface area contributed by atoms with Crippen LogP contribution in [0.2, 0.25) is 0 Å². The molecular weight excluding hydrogens is 334 g/mol. The number of benzene rings is 2. The lowest BCUT2D eigenvalue weighted by Gasteiger charge is -2.13. The van der Waals surface area contributed by atoms with E-state index in [1.165, 1.54) is 13.8 Å². The maximum absolute atomic E-state index is 11.8. The zero-order chi connectivity index (χ0) is 17.8. The normalized spacial score (nSPS) is 10.8. The molecule has 0 spiro atoms. The van der Waals surface area contributed by atoms with Gasteiger partial charge in [-0.15, -0.1) is 10.2 Å². The first-order valence-corrected chi connectivity index (χ1v) is 8.69. The van der Waals surface area contributed by atoms with Crippen LogP contribution in [0.3, 0.4) is 0 Å². The third-order valence-corrected chi connectivity index (χ3v) is 5.02. The molecule has 0 unspecified atom stereocenters. The van der Waals surface area contributed by atoms with Crippen molar-refractivity contribution in [2.24, 2.45) is 0 Å². The van der Waals surface area contributed by atoms with Crippen LogP contribution in [0.5, 0.6) is 0 Å². The molecule has 3 aromatic rings. The first kappa shape index (κ1) is 17.1. The van der Waals surface area contributed by atoms with Crippen molar-refractivity contribution in [1.82, 2.24) is 14.8 Å². The Bertz CT molecular complexity index is 878. The van der Waals surface area contributed by atoms with Gasteiger partial charge in [0.1, 0.15) is 5.25 Å². The van der Waals surface area contributed by atoms with Crippen LogP contribution in [-0.2, 0) is 9.59 Å². The van der Waals surface area contributed by atoms with E-state index in [2.05, 4.69) is 10.2 Å². The summed E-state index contributed by atoms with van der Waals surface area (Å²) in [6, 6.07) is 19.3. The van der Waals surface area contributed by atoms with E-state index in [4.69, 9.17) is 0 Å². The molecule has 0 N–H and O–H groups in total. The van der Waals surface area contributed by atoms with Crippen molar-refractivity contribution in [3.63, 3.8) is 0 Å². The topological polar surface area (TPSA) is 64.8 Å². The second-order valence-corrected chi connectivity index (χ2v) is 6.63. The van der Waals surface area contributed by atoms with Crippen molar-refractivity contribution >= 4 is 23.3 Å². The molecule has 0 saturated carbocycles.